The number of benzene rings is 2. The predicted octanol–water partition coefficient (Wildman–Crippen LogP) is 6.32. The Bertz CT molecular complexity index is 1440. The third-order valence-electron chi connectivity index (χ3n) is 5.47. The van der Waals surface area contributed by atoms with Crippen molar-refractivity contribution in [3.05, 3.63) is 82.5 Å². The second-order valence-electron chi connectivity index (χ2n) is 7.81. The summed E-state index contributed by atoms with van der Waals surface area (Å²) in [7, 11) is -3.09. The molecule has 1 saturated heterocycles. The zero-order chi connectivity index (χ0) is 24.6. The van der Waals surface area contributed by atoms with Crippen LogP contribution in [0.4, 0.5) is 11.4 Å². The van der Waals surface area contributed by atoms with Crippen molar-refractivity contribution in [2.24, 2.45) is 0 Å². The summed E-state index contributed by atoms with van der Waals surface area (Å²) in [6.07, 6.45) is 1.70. The molecule has 0 unspecified atom stereocenters. The Labute approximate surface area is 213 Å². The molecule has 1 amide bonds. The van der Waals surface area contributed by atoms with Crippen molar-refractivity contribution < 1.29 is 18.6 Å². The maximum atomic E-state index is 13.0. The van der Waals surface area contributed by atoms with Crippen LogP contribution in [0.25, 0.3) is 22.3 Å². The first-order valence-electron chi connectivity index (χ1n) is 10.6. The van der Waals surface area contributed by atoms with Gasteiger partial charge in [0.15, 0.2) is 5.94 Å². The monoisotopic (exact) mass is 530 g/mol. The first-order valence-corrected chi connectivity index (χ1v) is 13.0. The fraction of sp³-hybridized carbons (Fsp3) is 0.125. The summed E-state index contributed by atoms with van der Waals surface area (Å²) in [6.45, 7) is 0.661. The Morgan fingerprint density at radius 1 is 1.03 bits per heavy atom. The Hall–Kier alpha value is -2.92. The van der Waals surface area contributed by atoms with Crippen LogP contribution in [0, 0.1) is 0 Å². The number of pyridine rings is 2. The minimum absolute atomic E-state index is 0.172. The highest BCUT2D eigenvalue weighted by Crippen LogP contribution is 2.48. The van der Waals surface area contributed by atoms with Crippen molar-refractivity contribution in [3.63, 3.8) is 0 Å². The first-order chi connectivity index (χ1) is 16.8. The summed E-state index contributed by atoms with van der Waals surface area (Å²) in [4.78, 5) is 21.9. The summed E-state index contributed by atoms with van der Waals surface area (Å²) in [5.41, 5.74) is 4.08. The molecular weight excluding hydrogens is 511 g/mol. The number of anilines is 2. The van der Waals surface area contributed by atoms with Crippen LogP contribution in [-0.4, -0.2) is 44.1 Å². The van der Waals surface area contributed by atoms with Crippen LogP contribution >= 0.6 is 34.0 Å². The second kappa shape index (κ2) is 9.62. The molecule has 2 aromatic carbocycles. The molecule has 3 heterocycles. The first kappa shape index (κ1) is 23.8. The number of carbonyl (C=O) groups excluding carboxylic acids is 1. The van der Waals surface area contributed by atoms with Crippen molar-refractivity contribution in [2.75, 3.05) is 28.7 Å². The van der Waals surface area contributed by atoms with Crippen molar-refractivity contribution in [1.29, 1.82) is 0 Å². The highest BCUT2D eigenvalue weighted by atomic mass is 35.5. The van der Waals surface area contributed by atoms with E-state index in [2.05, 4.69) is 15.3 Å². The van der Waals surface area contributed by atoms with Gasteiger partial charge in [-0.05, 0) is 60.7 Å². The number of nitrogens with zero attached hydrogens (tertiary/aromatic N) is 3. The van der Waals surface area contributed by atoms with Crippen LogP contribution < -0.4 is 9.62 Å². The van der Waals surface area contributed by atoms with E-state index in [4.69, 9.17) is 27.9 Å². The average molecular weight is 531 g/mol. The van der Waals surface area contributed by atoms with Crippen LogP contribution in [0.15, 0.2) is 66.9 Å². The van der Waals surface area contributed by atoms with Gasteiger partial charge in [-0.15, -0.1) is 0 Å². The van der Waals surface area contributed by atoms with Gasteiger partial charge in [-0.25, -0.2) is 4.98 Å². The summed E-state index contributed by atoms with van der Waals surface area (Å²) >= 11 is 12.8. The lowest BCUT2D eigenvalue weighted by Gasteiger charge is -2.46. The summed E-state index contributed by atoms with van der Waals surface area (Å²) in [5, 5.41) is 3.51. The molecule has 0 aliphatic carbocycles. The highest BCUT2D eigenvalue weighted by Gasteiger charge is 2.28. The SMILES string of the molecule is O=C(Nc1ccc(Cl)c(-c2ccc3ncccc3n2)c1)c1ccc(N2CCOCS2(O)O)cc1Cl. The quantitative estimate of drug-likeness (QED) is 0.283. The van der Waals surface area contributed by atoms with Gasteiger partial charge < -0.3 is 10.1 Å². The Balaban J connectivity index is 1.39. The largest absolute Gasteiger partial charge is 0.357 e. The number of carbonyl (C=O) groups is 1. The van der Waals surface area contributed by atoms with Gasteiger partial charge in [-0.2, -0.15) is 0 Å². The maximum Gasteiger partial charge on any atom is 0.257 e. The standard InChI is InChI=1S/C24H20Cl2N4O4S/c25-19-6-3-15(12-18(19)21-7-8-22-23(29-21)2-1-9-27-22)28-24(31)17-5-4-16(13-20(17)26)30-10-11-34-14-35(30,32)33/h1-9,12-13,32-33H,10-11,14H2,(H,28,31). The van der Waals surface area contributed by atoms with Crippen LogP contribution in [0.3, 0.4) is 0 Å². The van der Waals surface area contributed by atoms with E-state index in [1.165, 1.54) is 10.4 Å². The lowest BCUT2D eigenvalue weighted by Crippen LogP contribution is -2.38. The fourth-order valence-corrected chi connectivity index (χ4v) is 5.54. The van der Waals surface area contributed by atoms with E-state index < -0.39 is 16.7 Å². The van der Waals surface area contributed by atoms with Gasteiger partial charge in [-0.3, -0.25) is 23.2 Å². The number of ether oxygens (including phenoxy) is 1. The smallest absolute Gasteiger partial charge is 0.257 e. The molecule has 4 aromatic rings. The normalized spacial score (nSPS) is 16.2. The Kier molecular flexibility index (Phi) is 6.54. The summed E-state index contributed by atoms with van der Waals surface area (Å²) in [6, 6.07) is 17.2. The molecule has 35 heavy (non-hydrogen) atoms. The van der Waals surface area contributed by atoms with E-state index in [-0.39, 0.29) is 16.5 Å². The minimum Gasteiger partial charge on any atom is -0.357 e. The topological polar surface area (TPSA) is 108 Å². The van der Waals surface area contributed by atoms with Crippen molar-refractivity contribution >= 4 is 62.3 Å². The molecule has 1 fully saturated rings. The molecule has 0 spiro atoms. The van der Waals surface area contributed by atoms with Gasteiger partial charge in [0.2, 0.25) is 0 Å². The molecule has 1 aliphatic heterocycles. The molecule has 1 aliphatic rings. The number of halogens is 2. The van der Waals surface area contributed by atoms with E-state index in [9.17, 15) is 13.9 Å². The van der Waals surface area contributed by atoms with E-state index in [0.29, 0.717) is 40.8 Å². The lowest BCUT2D eigenvalue weighted by atomic mass is 10.1. The summed E-state index contributed by atoms with van der Waals surface area (Å²) < 4.78 is 27.1. The van der Waals surface area contributed by atoms with Crippen LogP contribution in [0.1, 0.15) is 10.4 Å². The molecule has 8 nitrogen and oxygen atoms in total. The average Bonchev–Trinajstić information content (AvgIpc) is 2.84. The van der Waals surface area contributed by atoms with E-state index in [0.717, 1.165) is 11.0 Å². The number of aromatic nitrogens is 2. The molecule has 5 rings (SSSR count). The summed E-state index contributed by atoms with van der Waals surface area (Å²) in [5.74, 6) is -0.590. The molecular formula is C24H20Cl2N4O4S. The zero-order valence-electron chi connectivity index (χ0n) is 18.2. The lowest BCUT2D eigenvalue weighted by molar-refractivity contribution is 0.102. The van der Waals surface area contributed by atoms with Crippen LogP contribution in [-0.2, 0) is 4.74 Å². The van der Waals surface area contributed by atoms with Crippen LogP contribution in [0.2, 0.25) is 10.0 Å². The van der Waals surface area contributed by atoms with Crippen molar-refractivity contribution in [1.82, 2.24) is 9.97 Å². The van der Waals surface area contributed by atoms with Gasteiger partial charge in [0, 0.05) is 17.4 Å². The van der Waals surface area contributed by atoms with Gasteiger partial charge in [0.05, 0.1) is 51.2 Å². The molecule has 0 atom stereocenters. The van der Waals surface area contributed by atoms with E-state index in [1.54, 1.807) is 36.5 Å². The Morgan fingerprint density at radius 3 is 2.69 bits per heavy atom. The third-order valence-corrected chi connectivity index (χ3v) is 7.70. The highest BCUT2D eigenvalue weighted by molar-refractivity contribution is 8.25. The van der Waals surface area contributed by atoms with E-state index in [1.807, 2.05) is 24.3 Å². The molecule has 180 valence electrons. The number of rotatable bonds is 4. The molecule has 3 N–H and O–H groups in total. The van der Waals surface area contributed by atoms with Gasteiger partial charge in [0.1, 0.15) is 0 Å². The number of hydrogen-bond donors (Lipinski definition) is 3. The molecule has 0 bridgehead atoms. The molecule has 0 radical (unpaired) electrons. The number of amides is 1. The van der Waals surface area contributed by atoms with E-state index >= 15 is 0 Å². The molecule has 11 heteroatoms. The van der Waals surface area contributed by atoms with Gasteiger partial charge in [0.25, 0.3) is 5.91 Å². The number of nitrogens with one attached hydrogen (secondary N) is 1. The minimum atomic E-state index is -3.09. The predicted molar refractivity (Wildman–Crippen MR) is 140 cm³/mol. The van der Waals surface area contributed by atoms with Crippen LogP contribution in [0.5, 0.6) is 0 Å². The molecule has 0 saturated carbocycles. The van der Waals surface area contributed by atoms with Gasteiger partial charge >= 0.3 is 0 Å². The van der Waals surface area contributed by atoms with Crippen molar-refractivity contribution in [2.45, 2.75) is 0 Å². The number of hydrogen-bond acceptors (Lipinski definition) is 7. The number of fused-ring (bicyclic) bond motifs is 1. The third kappa shape index (κ3) is 4.92. The fourth-order valence-electron chi connectivity index (χ4n) is 3.77. The maximum absolute atomic E-state index is 13.0. The molecule has 2 aromatic heterocycles. The Morgan fingerprint density at radius 2 is 1.89 bits per heavy atom. The zero-order valence-corrected chi connectivity index (χ0v) is 20.5. The van der Waals surface area contributed by atoms with Crippen molar-refractivity contribution in [3.8, 4) is 11.3 Å². The van der Waals surface area contributed by atoms with Gasteiger partial charge in [-0.1, -0.05) is 34.0 Å². The second-order valence-corrected chi connectivity index (χ2v) is 10.6.